The minimum atomic E-state index is -4.10. The van der Waals surface area contributed by atoms with E-state index in [2.05, 4.69) is 0 Å². The van der Waals surface area contributed by atoms with Crippen LogP contribution in [0.2, 0.25) is 0 Å². The molecule has 0 aromatic heterocycles. The second kappa shape index (κ2) is 3.49. The summed E-state index contributed by atoms with van der Waals surface area (Å²) in [6, 6.07) is 0. The number of hydrogen-bond acceptors (Lipinski definition) is 3. The molecule has 11 heavy (non-hydrogen) atoms. The summed E-state index contributed by atoms with van der Waals surface area (Å²) >= 11 is 0. The van der Waals surface area contributed by atoms with Crippen molar-refractivity contribution < 1.29 is 22.8 Å². The van der Waals surface area contributed by atoms with Crippen molar-refractivity contribution in [3.63, 3.8) is 0 Å². The zero-order chi connectivity index (χ0) is 9.12. The molecule has 66 valence electrons. The minimum Gasteiger partial charge on any atom is -0.324 e. The highest BCUT2D eigenvalue weighted by molar-refractivity contribution is 7.93. The highest BCUT2D eigenvalue weighted by Gasteiger charge is 2.09. The molecule has 0 saturated carbocycles. The van der Waals surface area contributed by atoms with Gasteiger partial charge in [-0.2, -0.15) is 0 Å². The highest BCUT2D eigenvalue weighted by Crippen LogP contribution is 2.33. The lowest BCUT2D eigenvalue weighted by Gasteiger charge is -1.95. The minimum absolute atomic E-state index is 0.542. The van der Waals surface area contributed by atoms with E-state index in [0.29, 0.717) is 0 Å². The molecule has 0 aromatic rings. The first-order valence-corrected chi connectivity index (χ1v) is 6.37. The van der Waals surface area contributed by atoms with Crippen molar-refractivity contribution in [1.29, 1.82) is 0 Å². The Labute approximate surface area is 64.8 Å². The summed E-state index contributed by atoms with van der Waals surface area (Å²) in [5, 5.41) is 0.770. The largest absolute Gasteiger partial charge is 0.329 e. The molecule has 0 rings (SSSR count). The first-order valence-electron chi connectivity index (χ1n) is 2.62. The predicted octanol–water partition coefficient (Wildman–Crippen LogP) is -0.278. The normalized spacial score (nSPS) is 14.1. The molecule has 0 atom stereocenters. The monoisotopic (exact) mass is 200 g/mol. The molecule has 0 fully saturated rings. The molecule has 0 amide bonds. The Bertz CT molecular complexity index is 284. The molecule has 0 spiro atoms. The van der Waals surface area contributed by atoms with E-state index >= 15 is 0 Å². The summed E-state index contributed by atoms with van der Waals surface area (Å²) in [7, 11) is -7.37. The third-order valence-electron chi connectivity index (χ3n) is 0.687. The van der Waals surface area contributed by atoms with Gasteiger partial charge < -0.3 is 9.79 Å². The van der Waals surface area contributed by atoms with Crippen LogP contribution in [0.25, 0.3) is 0 Å². The van der Waals surface area contributed by atoms with Gasteiger partial charge in [0.05, 0.1) is 6.16 Å². The van der Waals surface area contributed by atoms with Crippen LogP contribution in [-0.2, 0) is 14.4 Å². The van der Waals surface area contributed by atoms with Gasteiger partial charge in [0, 0.05) is 11.7 Å². The highest BCUT2D eigenvalue weighted by atomic mass is 32.2. The molecule has 0 aliphatic carbocycles. The van der Waals surface area contributed by atoms with E-state index in [1.54, 1.807) is 0 Å². The van der Waals surface area contributed by atoms with Crippen molar-refractivity contribution >= 4 is 17.4 Å². The maximum Gasteiger partial charge on any atom is 0.329 e. The molecule has 0 heterocycles. The van der Waals surface area contributed by atoms with E-state index in [1.807, 2.05) is 0 Å². The van der Waals surface area contributed by atoms with Crippen molar-refractivity contribution in [2.24, 2.45) is 0 Å². The molecule has 2 N–H and O–H groups in total. The van der Waals surface area contributed by atoms with Crippen molar-refractivity contribution in [1.82, 2.24) is 0 Å². The topological polar surface area (TPSA) is 91.7 Å². The van der Waals surface area contributed by atoms with Gasteiger partial charge in [0.2, 0.25) is 0 Å². The van der Waals surface area contributed by atoms with E-state index in [1.165, 1.54) is 0 Å². The van der Waals surface area contributed by atoms with Crippen LogP contribution >= 0.6 is 7.60 Å². The fourth-order valence-corrected chi connectivity index (χ4v) is 1.32. The van der Waals surface area contributed by atoms with Gasteiger partial charge in [-0.15, -0.1) is 0 Å². The number of hydrogen-bond donors (Lipinski definition) is 2. The van der Waals surface area contributed by atoms with Gasteiger partial charge in [-0.25, -0.2) is 8.42 Å². The lowest BCUT2D eigenvalue weighted by molar-refractivity contribution is 0.377. The third kappa shape index (κ3) is 9.84. The van der Waals surface area contributed by atoms with E-state index in [0.717, 1.165) is 17.7 Å². The van der Waals surface area contributed by atoms with Crippen LogP contribution in [-0.4, -0.2) is 30.6 Å². The molecule has 5 nitrogen and oxygen atoms in total. The summed E-state index contributed by atoms with van der Waals surface area (Å²) in [5.41, 5.74) is 0. The van der Waals surface area contributed by atoms with Gasteiger partial charge in [0.25, 0.3) is 0 Å². The van der Waals surface area contributed by atoms with Crippen LogP contribution in [0.5, 0.6) is 0 Å². The molecule has 0 unspecified atom stereocenters. The first kappa shape index (κ1) is 10.8. The smallest absolute Gasteiger partial charge is 0.324 e. The Kier molecular flexibility index (Phi) is 3.44. The van der Waals surface area contributed by atoms with E-state index in [9.17, 15) is 13.0 Å². The molecule has 0 radical (unpaired) electrons. The van der Waals surface area contributed by atoms with Crippen LogP contribution in [0.3, 0.4) is 0 Å². The zero-order valence-electron chi connectivity index (χ0n) is 5.84. The van der Waals surface area contributed by atoms with Gasteiger partial charge in [-0.3, -0.25) is 4.57 Å². The van der Waals surface area contributed by atoms with Crippen molar-refractivity contribution in [2.75, 3.05) is 12.4 Å². The number of sulfone groups is 1. The van der Waals surface area contributed by atoms with E-state index in [-0.39, 0.29) is 0 Å². The first-order chi connectivity index (χ1) is 4.71. The molecular formula is C4H9O5PS. The Morgan fingerprint density at radius 2 is 1.91 bits per heavy atom. The second-order valence-electron chi connectivity index (χ2n) is 2.05. The maximum atomic E-state index is 10.4. The summed E-state index contributed by atoms with van der Waals surface area (Å²) in [6.45, 7) is 0. The van der Waals surface area contributed by atoms with Crippen LogP contribution in [0.1, 0.15) is 0 Å². The van der Waals surface area contributed by atoms with Crippen molar-refractivity contribution in [3.8, 4) is 0 Å². The molecule has 0 aliphatic heterocycles. The van der Waals surface area contributed by atoms with Crippen LogP contribution in [0.15, 0.2) is 11.5 Å². The van der Waals surface area contributed by atoms with Crippen molar-refractivity contribution in [2.45, 2.75) is 0 Å². The lowest BCUT2D eigenvalue weighted by atomic mass is 10.8. The number of rotatable bonds is 3. The molecule has 7 heteroatoms. The molecule has 0 bridgehead atoms. The standard InChI is InChI=1S/C4H9O5PS/c1-11(8,9)4-2-3-10(5,6)7/h2,4H,3H2,1H3,(H2,5,6,7). The van der Waals surface area contributed by atoms with Crippen LogP contribution < -0.4 is 0 Å². The Morgan fingerprint density at radius 1 is 1.45 bits per heavy atom. The van der Waals surface area contributed by atoms with Gasteiger partial charge in [0.15, 0.2) is 9.84 Å². The molecule has 0 aliphatic rings. The fraction of sp³-hybridized carbons (Fsp3) is 0.500. The molecule has 0 saturated heterocycles. The van der Waals surface area contributed by atoms with Crippen molar-refractivity contribution in [3.05, 3.63) is 11.5 Å². The van der Waals surface area contributed by atoms with Gasteiger partial charge in [-0.05, 0) is 0 Å². The Balaban J connectivity index is 4.12. The van der Waals surface area contributed by atoms with E-state index < -0.39 is 23.6 Å². The van der Waals surface area contributed by atoms with Gasteiger partial charge in [0.1, 0.15) is 0 Å². The SMILES string of the molecule is CS(=O)(=O)C=CCP(=O)(O)O. The van der Waals surface area contributed by atoms with Crippen LogP contribution in [0.4, 0.5) is 0 Å². The summed E-state index contributed by atoms with van der Waals surface area (Å²) in [6.07, 6.45) is 1.35. The predicted molar refractivity (Wildman–Crippen MR) is 40.9 cm³/mol. The Hall–Kier alpha value is -0.160. The van der Waals surface area contributed by atoms with E-state index in [4.69, 9.17) is 9.79 Å². The zero-order valence-corrected chi connectivity index (χ0v) is 7.55. The fourth-order valence-electron chi connectivity index (χ4n) is 0.355. The summed E-state index contributed by atoms with van der Waals surface area (Å²) < 4.78 is 30.9. The van der Waals surface area contributed by atoms with Gasteiger partial charge >= 0.3 is 7.60 Å². The van der Waals surface area contributed by atoms with Gasteiger partial charge in [-0.1, -0.05) is 6.08 Å². The third-order valence-corrected chi connectivity index (χ3v) is 2.06. The summed E-state index contributed by atoms with van der Waals surface area (Å²) in [4.78, 5) is 16.6. The average molecular weight is 200 g/mol. The van der Waals surface area contributed by atoms with Crippen LogP contribution in [0, 0.1) is 0 Å². The molecule has 0 aromatic carbocycles. The second-order valence-corrected chi connectivity index (χ2v) is 5.67. The molecular weight excluding hydrogens is 191 g/mol. The quantitative estimate of drug-likeness (QED) is 0.611. The average Bonchev–Trinajstić information content (AvgIpc) is 1.55. The lowest BCUT2D eigenvalue weighted by Crippen LogP contribution is -1.89. The maximum absolute atomic E-state index is 10.4. The Morgan fingerprint density at radius 3 is 2.18 bits per heavy atom. The number of allylic oxidation sites excluding steroid dienone is 1. The summed E-state index contributed by atoms with van der Waals surface area (Å²) in [5.74, 6) is 0.